The summed E-state index contributed by atoms with van der Waals surface area (Å²) < 4.78 is 59.2. The topological polar surface area (TPSA) is 111 Å². The van der Waals surface area contributed by atoms with Crippen LogP contribution in [0.2, 0.25) is 0 Å². The summed E-state index contributed by atoms with van der Waals surface area (Å²) in [4.78, 5) is 21.3. The van der Waals surface area contributed by atoms with E-state index < -0.39 is 7.81 Å². The molecular formula is C31H32F6Mn2N5O2P-. The van der Waals surface area contributed by atoms with E-state index in [1.165, 1.54) is 11.1 Å². The average Bonchev–Trinajstić information content (AvgIpc) is 3.65. The van der Waals surface area contributed by atoms with Crippen LogP contribution >= 0.6 is 7.81 Å². The second-order valence-corrected chi connectivity index (χ2v) is 10.5. The van der Waals surface area contributed by atoms with Crippen LogP contribution in [-0.2, 0) is 34.1 Å². The minimum atomic E-state index is -10.7. The molecule has 4 aromatic rings. The predicted molar refractivity (Wildman–Crippen MR) is 170 cm³/mol. The van der Waals surface area contributed by atoms with Crippen molar-refractivity contribution in [2.24, 2.45) is 0 Å². The number of para-hydroxylation sites is 2. The molecule has 0 aliphatic heterocycles. The summed E-state index contributed by atoms with van der Waals surface area (Å²) in [5.74, 6) is 0. The van der Waals surface area contributed by atoms with E-state index in [0.29, 0.717) is 0 Å². The van der Waals surface area contributed by atoms with E-state index in [0.717, 1.165) is 33.6 Å². The molecule has 0 atom stereocenters. The molecule has 0 N–H and O–H groups in total. The zero-order valence-electron chi connectivity index (χ0n) is 26.1. The Morgan fingerprint density at radius 2 is 0.787 bits per heavy atom. The van der Waals surface area contributed by atoms with E-state index in [1.807, 2.05) is 88.4 Å². The van der Waals surface area contributed by atoms with Gasteiger partial charge in [0.25, 0.3) is 0 Å². The SMILES string of the molecule is Cc1ccc[cH-]1.Cc1ccc[cH-]1.F[P-](F)(F)(F)(F)F.[C-]#N.[C-]#[N+]c1c(C)cccc1C.[C-]#[N+]c1c(C)cccc1C.[Mn+2].[Mn+3].[N-]=O.[N-]=O. The fourth-order valence-electron chi connectivity index (χ4n) is 2.90. The van der Waals surface area contributed by atoms with Gasteiger partial charge in [-0.2, -0.15) is 35.4 Å². The van der Waals surface area contributed by atoms with Gasteiger partial charge in [-0.3, -0.25) is 0 Å². The number of rotatable bonds is 0. The second-order valence-electron chi connectivity index (χ2n) is 8.59. The Morgan fingerprint density at radius 3 is 0.872 bits per heavy atom. The molecule has 47 heavy (non-hydrogen) atoms. The minimum Gasteiger partial charge on any atom is -0.577 e. The van der Waals surface area contributed by atoms with Crippen molar-refractivity contribution in [3.05, 3.63) is 169 Å². The van der Waals surface area contributed by atoms with Crippen molar-refractivity contribution in [3.63, 3.8) is 0 Å². The Labute approximate surface area is 293 Å². The Hall–Kier alpha value is -4.14. The van der Waals surface area contributed by atoms with Gasteiger partial charge in [-0.15, -0.1) is 0 Å². The molecule has 0 saturated carbocycles. The fraction of sp³-hybridized carbons (Fsp3) is 0.194. The first-order chi connectivity index (χ1) is 20.7. The van der Waals surface area contributed by atoms with E-state index >= 15 is 0 Å². The average molecular weight is 761 g/mol. The molecule has 0 heterocycles. The smallest absolute Gasteiger partial charge is 0.577 e. The maximum atomic E-state index is 9.87. The molecule has 0 aromatic heterocycles. The number of halogens is 6. The van der Waals surface area contributed by atoms with Gasteiger partial charge in [0.15, 0.2) is 11.4 Å². The maximum absolute atomic E-state index is 10.7. The Morgan fingerprint density at radius 1 is 0.574 bits per heavy atom. The first kappa shape index (κ1) is 55.3. The molecule has 0 amide bonds. The van der Waals surface area contributed by atoms with Gasteiger partial charge in [-0.05, 0) is 49.9 Å². The molecule has 4 aromatic carbocycles. The van der Waals surface area contributed by atoms with E-state index in [1.54, 1.807) is 0 Å². The van der Waals surface area contributed by atoms with Gasteiger partial charge in [-0.1, -0.05) is 50.2 Å². The molecule has 7 nitrogen and oxygen atoms in total. The number of benzene rings is 2. The normalized spacial score (nSPS) is 9.70. The van der Waals surface area contributed by atoms with Gasteiger partial charge in [0.2, 0.25) is 0 Å². The molecule has 4 rings (SSSR count). The molecule has 0 spiro atoms. The van der Waals surface area contributed by atoms with Gasteiger partial charge in [0.05, 0.1) is 13.1 Å². The Kier molecular flexibility index (Phi) is 31.8. The van der Waals surface area contributed by atoms with E-state index in [-0.39, 0.29) is 34.1 Å². The van der Waals surface area contributed by atoms with E-state index in [2.05, 4.69) is 47.8 Å². The molecular weight excluding hydrogens is 729 g/mol. The quantitative estimate of drug-likeness (QED) is 0.0769. The summed E-state index contributed by atoms with van der Waals surface area (Å²) in [5, 5.41) is 6.25. The van der Waals surface area contributed by atoms with Crippen molar-refractivity contribution in [3.8, 4) is 0 Å². The van der Waals surface area contributed by atoms with Crippen molar-refractivity contribution in [2.45, 2.75) is 41.5 Å². The van der Waals surface area contributed by atoms with Crippen molar-refractivity contribution in [1.82, 2.24) is 0 Å². The van der Waals surface area contributed by atoms with Gasteiger partial charge < -0.3 is 32.8 Å². The number of hydrogen-bond donors (Lipinski definition) is 0. The number of aryl methyl sites for hydroxylation is 6. The number of hydrogen-bond acceptors (Lipinski definition) is 3. The number of nitrogens with zero attached hydrogens (tertiary/aromatic N) is 5. The Bertz CT molecular complexity index is 1320. The van der Waals surface area contributed by atoms with Crippen LogP contribution in [0.4, 0.5) is 36.6 Å². The van der Waals surface area contributed by atoms with Crippen molar-refractivity contribution < 1.29 is 59.3 Å². The van der Waals surface area contributed by atoms with Gasteiger partial charge in [-0.25, -0.2) is 34.0 Å². The summed E-state index contributed by atoms with van der Waals surface area (Å²) >= 11 is 0. The second kappa shape index (κ2) is 27.0. The van der Waals surface area contributed by atoms with Crippen LogP contribution in [0.25, 0.3) is 20.9 Å². The van der Waals surface area contributed by atoms with Gasteiger partial charge >= 0.3 is 67.1 Å². The largest absolute Gasteiger partial charge is 3.00 e. The van der Waals surface area contributed by atoms with Crippen LogP contribution in [0.3, 0.4) is 0 Å². The predicted octanol–water partition coefficient (Wildman–Crippen LogP) is 13.3. The van der Waals surface area contributed by atoms with E-state index in [4.69, 9.17) is 46.0 Å². The molecule has 255 valence electrons. The van der Waals surface area contributed by atoms with Crippen LogP contribution in [0, 0.1) is 76.3 Å². The molecule has 0 fully saturated rings. The van der Waals surface area contributed by atoms with Crippen molar-refractivity contribution in [1.29, 1.82) is 5.26 Å². The molecule has 1 radical (unpaired) electrons. The molecule has 0 aliphatic rings. The third kappa shape index (κ3) is 38.0. The van der Waals surface area contributed by atoms with Crippen LogP contribution < -0.4 is 0 Å². The third-order valence-electron chi connectivity index (χ3n) is 4.76. The summed E-state index contributed by atoms with van der Waals surface area (Å²) in [7, 11) is -10.7. The zero-order chi connectivity index (χ0) is 36.3. The van der Waals surface area contributed by atoms with Crippen LogP contribution in [0.1, 0.15) is 33.4 Å². The monoisotopic (exact) mass is 761 g/mol. The Balaban J connectivity index is -0.000000108. The van der Waals surface area contributed by atoms with Crippen molar-refractivity contribution in [2.75, 3.05) is 0 Å². The third-order valence-corrected chi connectivity index (χ3v) is 4.76. The maximum Gasteiger partial charge on any atom is 3.00 e. The van der Waals surface area contributed by atoms with Crippen molar-refractivity contribution >= 4 is 19.2 Å². The number of nitroso groups, excluding NO2 is 2. The molecule has 0 saturated heterocycles. The summed E-state index contributed by atoms with van der Waals surface area (Å²) in [6.07, 6.45) is 0. The minimum absolute atomic E-state index is 0. The molecule has 0 bridgehead atoms. The van der Waals surface area contributed by atoms with Crippen LogP contribution in [-0.4, -0.2) is 0 Å². The van der Waals surface area contributed by atoms with Gasteiger partial charge in [0.1, 0.15) is 0 Å². The van der Waals surface area contributed by atoms with Crippen LogP contribution in [0.15, 0.2) is 84.9 Å². The van der Waals surface area contributed by atoms with Crippen LogP contribution in [0.5, 0.6) is 0 Å². The summed E-state index contributed by atoms with van der Waals surface area (Å²) in [6.45, 7) is 30.5. The fourth-order valence-corrected chi connectivity index (χ4v) is 2.90. The molecule has 16 heteroatoms. The standard InChI is InChI=1S/2C9H9N.2C6H7.CN.F6P.2Mn.2NO/c2*1-7-5-4-6-8(2)9(7)10-3;2*1-6-4-2-3-5-6;1-2;1-7(2,3,4,5)6;;;2*1-2/h2*4-6H,1-2H3;2*2-5H,1H3;;;;;;/q;;4*-1;+2;+3;2*-1. The molecule has 0 unspecified atom stereocenters. The van der Waals surface area contributed by atoms with Gasteiger partial charge in [0, 0.05) is 0 Å². The van der Waals surface area contributed by atoms with E-state index in [9.17, 15) is 25.2 Å². The molecule has 0 aliphatic carbocycles. The summed E-state index contributed by atoms with van der Waals surface area (Å²) in [5.41, 5.74) is 20.0. The summed E-state index contributed by atoms with van der Waals surface area (Å²) in [6, 6.07) is 28.3. The first-order valence-electron chi connectivity index (χ1n) is 12.1. The zero-order valence-corrected chi connectivity index (χ0v) is 29.4. The first-order valence-corrected chi connectivity index (χ1v) is 14.2.